The van der Waals surface area contributed by atoms with Gasteiger partial charge >= 0.3 is 0 Å². The maximum absolute atomic E-state index is 4.87. The van der Waals surface area contributed by atoms with Gasteiger partial charge in [-0.05, 0) is 0 Å². The van der Waals surface area contributed by atoms with Gasteiger partial charge in [0.15, 0.2) is 0 Å². The van der Waals surface area contributed by atoms with Gasteiger partial charge in [0.2, 0.25) is 0 Å². The van der Waals surface area contributed by atoms with Crippen LogP contribution < -0.4 is 5.14 Å². The Hall–Kier alpha value is 0.725. The first kappa shape index (κ1) is 4.72. The summed E-state index contributed by atoms with van der Waals surface area (Å²) in [6.07, 6.45) is 0. The lowest BCUT2D eigenvalue weighted by atomic mass is 10.7. The van der Waals surface area contributed by atoms with E-state index in [2.05, 4.69) is 12.5 Å². The molecule has 0 aliphatic heterocycles. The Labute approximate surface area is 35.9 Å². The van der Waals surface area contributed by atoms with Gasteiger partial charge in [0.1, 0.15) is 0 Å². The molecule has 24 valence electrons. The standard InChI is InChI=1S/BH4NS2/c2-4-1-3/h1,3H,2H2. The highest BCUT2D eigenvalue weighted by Gasteiger charge is 1.63. The average molecular weight is 93.0 g/mol. The molecule has 0 aromatic rings. The van der Waals surface area contributed by atoms with E-state index in [1.165, 1.54) is 11.8 Å². The van der Waals surface area contributed by atoms with Gasteiger partial charge in [-0.1, -0.05) is 0 Å². The zero-order chi connectivity index (χ0) is 3.41. The summed E-state index contributed by atoms with van der Waals surface area (Å²) >= 11 is 4.98. The highest BCUT2D eigenvalue weighted by Crippen LogP contribution is 1.78. The molecule has 0 heterocycles. The average Bonchev–Trinajstić information content (AvgIpc) is 1.37. The molecule has 2 N–H and O–H groups in total. The molecule has 0 unspecified atom stereocenters. The summed E-state index contributed by atoms with van der Waals surface area (Å²) in [6.45, 7) is 0. The maximum atomic E-state index is 4.87. The van der Waals surface area contributed by atoms with Crippen molar-refractivity contribution >= 4 is 30.1 Å². The molecule has 1 nitrogen and oxygen atoms in total. The van der Waals surface area contributed by atoms with Gasteiger partial charge in [0.25, 0.3) is 5.84 Å². The van der Waals surface area contributed by atoms with Gasteiger partial charge in [-0.3, -0.25) is 5.14 Å². The van der Waals surface area contributed by atoms with Crippen molar-refractivity contribution in [3.05, 3.63) is 0 Å². The fraction of sp³-hybridized carbons (Fsp3) is 0. The monoisotopic (exact) mass is 93.0 g/mol. The molecule has 0 aromatic carbocycles. The lowest BCUT2D eigenvalue weighted by Crippen LogP contribution is -1.75. The summed E-state index contributed by atoms with van der Waals surface area (Å²) < 4.78 is 0. The van der Waals surface area contributed by atoms with Crippen LogP contribution in [0.1, 0.15) is 0 Å². The molecule has 0 radical (unpaired) electrons. The Kier molecular flexibility index (Phi) is 4.40. The van der Waals surface area contributed by atoms with Crippen molar-refractivity contribution < 1.29 is 0 Å². The molecule has 0 spiro atoms. The van der Waals surface area contributed by atoms with Crippen LogP contribution in [0.25, 0.3) is 0 Å². The normalized spacial score (nSPS) is 6.50. The van der Waals surface area contributed by atoms with Crippen molar-refractivity contribution in [2.24, 2.45) is 5.14 Å². The topological polar surface area (TPSA) is 26.0 Å². The summed E-state index contributed by atoms with van der Waals surface area (Å²) in [5, 5.41) is 4.87. The van der Waals surface area contributed by atoms with Crippen molar-refractivity contribution in [2.75, 3.05) is 0 Å². The zero-order valence-electron chi connectivity index (χ0n) is 2.14. The van der Waals surface area contributed by atoms with Crippen LogP contribution in [0.2, 0.25) is 0 Å². The van der Waals surface area contributed by atoms with Gasteiger partial charge in [-0.15, -0.1) is 11.8 Å². The molecule has 4 heavy (non-hydrogen) atoms. The predicted octanol–water partition coefficient (Wildman–Crippen LogP) is -0.210. The third-order valence-corrected chi connectivity index (χ3v) is 0.671. The van der Waals surface area contributed by atoms with Gasteiger partial charge in [-0.2, -0.15) is 0 Å². The number of hydrogen-bond acceptors (Lipinski definition) is 3. The third kappa shape index (κ3) is 2.72. The lowest BCUT2D eigenvalue weighted by molar-refractivity contribution is 2.07. The van der Waals surface area contributed by atoms with E-state index in [-0.39, 0.29) is 0 Å². The highest BCUT2D eigenvalue weighted by molar-refractivity contribution is 8.43. The summed E-state index contributed by atoms with van der Waals surface area (Å²) in [7, 11) is 0. The fourth-order valence-electron chi connectivity index (χ4n) is 0. The Bertz CT molecular complexity index is 8.00. The van der Waals surface area contributed by atoms with Gasteiger partial charge in [-0.25, -0.2) is 12.5 Å². The smallest absolute Gasteiger partial charge is 0.272 e. The second kappa shape index (κ2) is 3.72. The minimum absolute atomic E-state index is 0.708. The van der Waals surface area contributed by atoms with Crippen molar-refractivity contribution in [1.29, 1.82) is 0 Å². The molecule has 0 rings (SSSR count). The summed E-state index contributed by atoms with van der Waals surface area (Å²) in [4.78, 5) is 0. The molecule has 0 atom stereocenters. The Morgan fingerprint density at radius 2 is 2.25 bits per heavy atom. The Morgan fingerprint density at radius 3 is 2.25 bits per heavy atom. The quantitative estimate of drug-likeness (QED) is 0.266. The largest absolute Gasteiger partial charge is 0.287 e. The van der Waals surface area contributed by atoms with E-state index in [4.69, 9.17) is 5.14 Å². The molecule has 0 amide bonds. The molecule has 0 bridgehead atoms. The Balaban J connectivity index is 1.97. The van der Waals surface area contributed by atoms with Crippen molar-refractivity contribution in [2.45, 2.75) is 0 Å². The molecule has 0 fully saturated rings. The highest BCUT2D eigenvalue weighted by atomic mass is 32.2. The fourth-order valence-corrected chi connectivity index (χ4v) is 0. The summed E-state index contributed by atoms with van der Waals surface area (Å²) in [5.41, 5.74) is 0. The van der Waals surface area contributed by atoms with Crippen LogP contribution >= 0.6 is 24.3 Å². The van der Waals surface area contributed by atoms with Crippen molar-refractivity contribution in [1.82, 2.24) is 0 Å². The molecular weight excluding hydrogens is 89.0 g/mol. The van der Waals surface area contributed by atoms with Crippen LogP contribution in [0.3, 0.4) is 0 Å². The van der Waals surface area contributed by atoms with Crippen LogP contribution in [0, 0.1) is 0 Å². The molecule has 0 saturated heterocycles. The van der Waals surface area contributed by atoms with E-state index in [0.29, 0.717) is 5.84 Å². The van der Waals surface area contributed by atoms with Crippen LogP contribution in [-0.4, -0.2) is 5.84 Å². The summed E-state index contributed by atoms with van der Waals surface area (Å²) in [5.74, 6) is 0.708. The van der Waals surface area contributed by atoms with Gasteiger partial charge < -0.3 is 0 Å². The molecule has 0 saturated carbocycles. The molecule has 0 aromatic heterocycles. The van der Waals surface area contributed by atoms with E-state index in [0.717, 1.165) is 0 Å². The lowest BCUT2D eigenvalue weighted by Gasteiger charge is -1.66. The van der Waals surface area contributed by atoms with Crippen LogP contribution in [-0.2, 0) is 0 Å². The van der Waals surface area contributed by atoms with Gasteiger partial charge in [0.05, 0.1) is 0 Å². The first-order valence-electron chi connectivity index (χ1n) is 0.841. The first-order valence-corrected chi connectivity index (χ1v) is 2.52. The number of thiol groups is 1. The van der Waals surface area contributed by atoms with Gasteiger partial charge in [0, 0.05) is 0 Å². The van der Waals surface area contributed by atoms with E-state index in [9.17, 15) is 0 Å². The summed E-state index contributed by atoms with van der Waals surface area (Å²) in [6, 6.07) is 0. The molecular formula is H4BNS2. The molecule has 0 aliphatic carbocycles. The number of nitrogens with two attached hydrogens (primary N) is 1. The SMILES string of the molecule is NSBS. The third-order valence-electron chi connectivity index (χ3n) is 0.0745. The van der Waals surface area contributed by atoms with E-state index in [1.807, 2.05) is 0 Å². The van der Waals surface area contributed by atoms with Crippen molar-refractivity contribution in [3.63, 3.8) is 0 Å². The predicted molar refractivity (Wildman–Crippen MR) is 27.9 cm³/mol. The van der Waals surface area contributed by atoms with E-state index < -0.39 is 0 Å². The van der Waals surface area contributed by atoms with Crippen LogP contribution in [0.5, 0.6) is 0 Å². The second-order valence-corrected chi connectivity index (χ2v) is 1.66. The van der Waals surface area contributed by atoms with E-state index >= 15 is 0 Å². The zero-order valence-corrected chi connectivity index (χ0v) is 3.85. The minimum Gasteiger partial charge on any atom is -0.287 e. The van der Waals surface area contributed by atoms with Crippen LogP contribution in [0.15, 0.2) is 0 Å². The van der Waals surface area contributed by atoms with E-state index in [1.54, 1.807) is 0 Å². The number of hydrogen-bond donors (Lipinski definition) is 2. The van der Waals surface area contributed by atoms with Crippen LogP contribution in [0.4, 0.5) is 0 Å². The second-order valence-electron chi connectivity index (χ2n) is 0.296. The maximum Gasteiger partial charge on any atom is 0.272 e. The van der Waals surface area contributed by atoms with Crippen molar-refractivity contribution in [3.8, 4) is 0 Å². The number of rotatable bonds is 1. The first-order chi connectivity index (χ1) is 1.91. The molecule has 0 aliphatic rings. The molecule has 4 heteroatoms. The Morgan fingerprint density at radius 1 is 2.00 bits per heavy atom. The minimum atomic E-state index is 0.708.